The first-order valence-corrected chi connectivity index (χ1v) is 9.06. The lowest BCUT2D eigenvalue weighted by atomic mass is 10.3. The fraction of sp³-hybridized carbons (Fsp3) is 0.692. The maximum atomic E-state index is 12.6. The molecule has 19 heavy (non-hydrogen) atoms. The van der Waals surface area contributed by atoms with Crippen LogP contribution in [0.3, 0.4) is 0 Å². The van der Waals surface area contributed by atoms with Crippen LogP contribution in [0.4, 0.5) is 0 Å². The molecule has 1 aromatic rings. The lowest BCUT2D eigenvalue weighted by Gasteiger charge is -2.20. The van der Waals surface area contributed by atoms with Gasteiger partial charge in [0.25, 0.3) is 10.0 Å². The van der Waals surface area contributed by atoms with E-state index in [2.05, 4.69) is 0 Å². The maximum absolute atomic E-state index is 12.6. The highest BCUT2D eigenvalue weighted by Crippen LogP contribution is 2.34. The van der Waals surface area contributed by atoms with E-state index in [1.807, 2.05) is 13.0 Å². The van der Waals surface area contributed by atoms with E-state index in [0.717, 1.165) is 30.6 Å². The van der Waals surface area contributed by atoms with Gasteiger partial charge in [0.15, 0.2) is 0 Å². The van der Waals surface area contributed by atoms with Crippen LogP contribution in [-0.2, 0) is 16.4 Å². The molecule has 0 unspecified atom stereocenters. The summed E-state index contributed by atoms with van der Waals surface area (Å²) in [6.45, 7) is 2.67. The second-order valence-electron chi connectivity index (χ2n) is 4.85. The number of aliphatic hydroxyl groups is 1. The molecule has 1 saturated carbocycles. The topological polar surface area (TPSA) is 57.6 Å². The van der Waals surface area contributed by atoms with Crippen molar-refractivity contribution < 1.29 is 13.5 Å². The molecule has 2 rings (SSSR count). The smallest absolute Gasteiger partial charge is 0.252 e. The van der Waals surface area contributed by atoms with Crippen LogP contribution in [0, 0.1) is 0 Å². The minimum Gasteiger partial charge on any atom is -0.396 e. The number of unbranched alkanes of at least 4 members (excludes halogenated alkanes) is 1. The van der Waals surface area contributed by atoms with E-state index in [4.69, 9.17) is 5.11 Å². The van der Waals surface area contributed by atoms with E-state index < -0.39 is 10.0 Å². The fourth-order valence-electron chi connectivity index (χ4n) is 2.04. The number of aliphatic hydroxyl groups excluding tert-OH is 1. The van der Waals surface area contributed by atoms with Crippen molar-refractivity contribution in [2.24, 2.45) is 0 Å². The van der Waals surface area contributed by atoms with E-state index in [0.29, 0.717) is 17.2 Å². The predicted molar refractivity (Wildman–Crippen MR) is 76.9 cm³/mol. The maximum Gasteiger partial charge on any atom is 0.252 e. The quantitative estimate of drug-likeness (QED) is 0.749. The van der Waals surface area contributed by atoms with Gasteiger partial charge >= 0.3 is 0 Å². The van der Waals surface area contributed by atoms with Crippen molar-refractivity contribution in [2.45, 2.75) is 49.3 Å². The molecule has 0 atom stereocenters. The summed E-state index contributed by atoms with van der Waals surface area (Å²) in [6.07, 6.45) is 4.17. The molecule has 1 N–H and O–H groups in total. The lowest BCUT2D eigenvalue weighted by molar-refractivity contribution is 0.275. The molecule has 0 saturated heterocycles. The molecule has 108 valence electrons. The minimum absolute atomic E-state index is 0.123. The number of thiophene rings is 1. The second kappa shape index (κ2) is 6.35. The first-order valence-electron chi connectivity index (χ1n) is 6.81. The average molecular weight is 303 g/mol. The van der Waals surface area contributed by atoms with E-state index in [9.17, 15) is 8.42 Å². The molecule has 0 bridgehead atoms. The third-order valence-corrected chi connectivity index (χ3v) is 6.94. The highest BCUT2D eigenvalue weighted by molar-refractivity contribution is 7.91. The van der Waals surface area contributed by atoms with Gasteiger partial charge in [-0.1, -0.05) is 6.92 Å². The van der Waals surface area contributed by atoms with Crippen LogP contribution < -0.4 is 0 Å². The summed E-state index contributed by atoms with van der Waals surface area (Å²) in [6, 6.07) is 3.80. The zero-order valence-electron chi connectivity index (χ0n) is 11.2. The molecule has 1 heterocycles. The van der Waals surface area contributed by atoms with Gasteiger partial charge in [0.1, 0.15) is 4.21 Å². The monoisotopic (exact) mass is 303 g/mol. The molecule has 1 aliphatic carbocycles. The Kier molecular flexibility index (Phi) is 5.00. The second-order valence-corrected chi connectivity index (χ2v) is 8.14. The number of aryl methyl sites for hydroxylation is 1. The molecule has 0 radical (unpaired) electrons. The molecular weight excluding hydrogens is 282 g/mol. The third-order valence-electron chi connectivity index (χ3n) is 3.29. The van der Waals surface area contributed by atoms with Gasteiger partial charge in [-0.25, -0.2) is 8.42 Å². The van der Waals surface area contributed by atoms with Crippen molar-refractivity contribution in [3.05, 3.63) is 17.0 Å². The summed E-state index contributed by atoms with van der Waals surface area (Å²) < 4.78 is 27.3. The summed E-state index contributed by atoms with van der Waals surface area (Å²) in [5.74, 6) is 0. The van der Waals surface area contributed by atoms with Gasteiger partial charge in [-0.05, 0) is 44.2 Å². The number of hydrogen-bond acceptors (Lipinski definition) is 4. The molecule has 0 spiro atoms. The van der Waals surface area contributed by atoms with Crippen LogP contribution in [-0.4, -0.2) is 37.0 Å². The molecule has 4 nitrogen and oxygen atoms in total. The normalized spacial score (nSPS) is 16.2. The highest BCUT2D eigenvalue weighted by Gasteiger charge is 2.38. The van der Waals surface area contributed by atoms with Crippen molar-refractivity contribution in [2.75, 3.05) is 13.2 Å². The molecule has 1 fully saturated rings. The minimum atomic E-state index is -3.34. The Morgan fingerprint density at radius 1 is 1.37 bits per heavy atom. The van der Waals surface area contributed by atoms with Gasteiger partial charge in [-0.15, -0.1) is 11.3 Å². The number of sulfonamides is 1. The molecule has 1 aliphatic rings. The highest BCUT2D eigenvalue weighted by atomic mass is 32.2. The van der Waals surface area contributed by atoms with Crippen LogP contribution in [0.15, 0.2) is 16.3 Å². The number of rotatable bonds is 8. The zero-order valence-corrected chi connectivity index (χ0v) is 12.8. The molecule has 0 aromatic carbocycles. The first kappa shape index (κ1) is 15.0. The Labute approximate surface area is 119 Å². The van der Waals surface area contributed by atoms with E-state index >= 15 is 0 Å². The van der Waals surface area contributed by atoms with E-state index in [-0.39, 0.29) is 12.6 Å². The van der Waals surface area contributed by atoms with E-state index in [1.54, 1.807) is 10.4 Å². The molecule has 0 amide bonds. The van der Waals surface area contributed by atoms with Crippen LogP contribution >= 0.6 is 11.3 Å². The molecule has 1 aromatic heterocycles. The van der Waals surface area contributed by atoms with Gasteiger partial charge in [-0.3, -0.25) is 0 Å². The Bertz CT molecular complexity index is 506. The third kappa shape index (κ3) is 3.56. The van der Waals surface area contributed by atoms with Crippen molar-refractivity contribution in [1.82, 2.24) is 4.31 Å². The molecular formula is C13H21NO3S2. The Morgan fingerprint density at radius 2 is 2.11 bits per heavy atom. The summed E-state index contributed by atoms with van der Waals surface area (Å²) in [5, 5.41) is 8.82. The summed E-state index contributed by atoms with van der Waals surface area (Å²) in [4.78, 5) is 1.10. The Hall–Kier alpha value is -0.430. The van der Waals surface area contributed by atoms with Crippen molar-refractivity contribution in [1.29, 1.82) is 0 Å². The lowest BCUT2D eigenvalue weighted by Crippen LogP contribution is -2.33. The standard InChI is InChI=1S/C13H21NO3S2/c1-2-12-7-8-13(18-12)19(16,17)14(11-5-6-11)9-3-4-10-15/h7-8,11,15H,2-6,9-10H2,1H3. The number of hydrogen-bond donors (Lipinski definition) is 1. The van der Waals surface area contributed by atoms with Gasteiger partial charge in [0, 0.05) is 24.1 Å². The largest absolute Gasteiger partial charge is 0.396 e. The average Bonchev–Trinajstić information content (AvgIpc) is 3.09. The first-order chi connectivity index (χ1) is 9.09. The van der Waals surface area contributed by atoms with Crippen molar-refractivity contribution in [3.63, 3.8) is 0 Å². The fourth-order valence-corrected chi connectivity index (χ4v) is 5.19. The zero-order chi connectivity index (χ0) is 13.9. The molecule has 0 aliphatic heterocycles. The van der Waals surface area contributed by atoms with Gasteiger partial charge in [-0.2, -0.15) is 4.31 Å². The predicted octanol–water partition coefficient (Wildman–Crippen LogP) is 2.24. The van der Waals surface area contributed by atoms with Crippen LogP contribution in [0.25, 0.3) is 0 Å². The van der Waals surface area contributed by atoms with Gasteiger partial charge in [0.05, 0.1) is 0 Å². The SMILES string of the molecule is CCc1ccc(S(=O)(=O)N(CCCCO)C2CC2)s1. The Balaban J connectivity index is 2.14. The van der Waals surface area contributed by atoms with Gasteiger partial charge in [0.2, 0.25) is 0 Å². The van der Waals surface area contributed by atoms with Crippen LogP contribution in [0.5, 0.6) is 0 Å². The van der Waals surface area contributed by atoms with E-state index in [1.165, 1.54) is 11.3 Å². The number of nitrogens with zero attached hydrogens (tertiary/aromatic N) is 1. The van der Waals surface area contributed by atoms with Gasteiger partial charge < -0.3 is 5.11 Å². The summed E-state index contributed by atoms with van der Waals surface area (Å²) >= 11 is 1.37. The summed E-state index contributed by atoms with van der Waals surface area (Å²) in [7, 11) is -3.34. The molecule has 6 heteroatoms. The van der Waals surface area contributed by atoms with Crippen LogP contribution in [0.2, 0.25) is 0 Å². The van der Waals surface area contributed by atoms with Crippen molar-refractivity contribution in [3.8, 4) is 0 Å². The van der Waals surface area contributed by atoms with Crippen molar-refractivity contribution >= 4 is 21.4 Å². The van der Waals surface area contributed by atoms with Crippen LogP contribution in [0.1, 0.15) is 37.5 Å². The summed E-state index contributed by atoms with van der Waals surface area (Å²) in [5.41, 5.74) is 0. The Morgan fingerprint density at radius 3 is 2.63 bits per heavy atom.